The molecule has 0 aliphatic heterocycles. The number of hydrogen-bond donors (Lipinski definition) is 1. The fraction of sp³-hybridized carbons (Fsp3) is 0.500. The molecule has 0 aliphatic carbocycles. The first-order valence-electron chi connectivity index (χ1n) is 6.46. The number of thiophene rings is 1. The van der Waals surface area contributed by atoms with Gasteiger partial charge in [0, 0.05) is 19.1 Å². The first-order chi connectivity index (χ1) is 9.06. The minimum absolute atomic E-state index is 0.342. The molecule has 2 heterocycles. The lowest BCUT2D eigenvalue weighted by atomic mass is 10.2. The molecule has 0 aromatic carbocycles. The summed E-state index contributed by atoms with van der Waals surface area (Å²) in [6.45, 7) is 7.36. The number of aliphatic hydroxyl groups is 1. The van der Waals surface area contributed by atoms with Crippen LogP contribution in [-0.4, -0.2) is 33.7 Å². The van der Waals surface area contributed by atoms with E-state index in [9.17, 15) is 5.11 Å². The maximum absolute atomic E-state index is 9.52. The molecule has 19 heavy (non-hydrogen) atoms. The highest BCUT2D eigenvalue weighted by molar-refractivity contribution is 7.13. The van der Waals surface area contributed by atoms with Crippen LogP contribution < -0.4 is 0 Å². The minimum Gasteiger partial charge on any atom is -0.444 e. The van der Waals surface area contributed by atoms with Gasteiger partial charge in [-0.25, -0.2) is 4.98 Å². The van der Waals surface area contributed by atoms with E-state index in [0.717, 1.165) is 10.6 Å². The molecule has 2 aromatic rings. The predicted octanol–water partition coefficient (Wildman–Crippen LogP) is 2.99. The Morgan fingerprint density at radius 1 is 1.42 bits per heavy atom. The highest BCUT2D eigenvalue weighted by atomic mass is 32.1. The van der Waals surface area contributed by atoms with Crippen LogP contribution in [0.1, 0.15) is 26.5 Å². The summed E-state index contributed by atoms with van der Waals surface area (Å²) in [5.41, 5.74) is 0.901. The highest BCUT2D eigenvalue weighted by Gasteiger charge is 2.15. The van der Waals surface area contributed by atoms with Gasteiger partial charge in [-0.1, -0.05) is 6.07 Å². The summed E-state index contributed by atoms with van der Waals surface area (Å²) < 4.78 is 5.50. The minimum atomic E-state index is -0.342. The van der Waals surface area contributed by atoms with E-state index in [2.05, 4.69) is 23.7 Å². The second kappa shape index (κ2) is 6.32. The van der Waals surface area contributed by atoms with Crippen molar-refractivity contribution in [3.05, 3.63) is 29.5 Å². The summed E-state index contributed by atoms with van der Waals surface area (Å²) in [4.78, 5) is 7.72. The molecule has 0 aliphatic rings. The van der Waals surface area contributed by atoms with E-state index in [0.29, 0.717) is 25.0 Å². The first-order valence-corrected chi connectivity index (χ1v) is 7.34. The van der Waals surface area contributed by atoms with E-state index in [-0.39, 0.29) is 6.10 Å². The average Bonchev–Trinajstić information content (AvgIpc) is 2.97. The van der Waals surface area contributed by atoms with Gasteiger partial charge in [-0.05, 0) is 32.2 Å². The van der Waals surface area contributed by atoms with Crippen molar-refractivity contribution in [1.82, 2.24) is 9.88 Å². The number of rotatable bonds is 6. The average molecular weight is 280 g/mol. The Kier molecular flexibility index (Phi) is 4.74. The Morgan fingerprint density at radius 3 is 2.79 bits per heavy atom. The van der Waals surface area contributed by atoms with Crippen molar-refractivity contribution in [2.24, 2.45) is 0 Å². The molecule has 104 valence electrons. The van der Waals surface area contributed by atoms with E-state index in [1.165, 1.54) is 0 Å². The molecule has 2 rings (SSSR count). The second-order valence-electron chi connectivity index (χ2n) is 4.99. The number of hydrogen-bond acceptors (Lipinski definition) is 5. The monoisotopic (exact) mass is 280 g/mol. The van der Waals surface area contributed by atoms with Crippen LogP contribution in [0.5, 0.6) is 0 Å². The molecule has 0 spiro atoms. The van der Waals surface area contributed by atoms with Gasteiger partial charge in [0.2, 0.25) is 5.89 Å². The third-order valence-corrected chi connectivity index (χ3v) is 3.74. The van der Waals surface area contributed by atoms with Crippen molar-refractivity contribution >= 4 is 11.3 Å². The number of nitrogens with zero attached hydrogens (tertiary/aromatic N) is 2. The van der Waals surface area contributed by atoms with Gasteiger partial charge in [0.15, 0.2) is 0 Å². The Labute approximate surface area is 117 Å². The molecule has 0 bridgehead atoms. The summed E-state index contributed by atoms with van der Waals surface area (Å²) in [5.74, 6) is 0.672. The van der Waals surface area contributed by atoms with Gasteiger partial charge < -0.3 is 9.52 Å². The van der Waals surface area contributed by atoms with Crippen molar-refractivity contribution < 1.29 is 9.52 Å². The SMILES string of the molecule is CC(O)CN(Cc1coc(-c2cccs2)n1)C(C)C. The standard InChI is InChI=1S/C14H20N2O2S/c1-10(2)16(7-11(3)17)8-12-9-18-14(15-12)13-5-4-6-19-13/h4-6,9-11,17H,7-8H2,1-3H3. The van der Waals surface area contributed by atoms with Crippen LogP contribution in [0, 0.1) is 0 Å². The van der Waals surface area contributed by atoms with Gasteiger partial charge in [0.25, 0.3) is 0 Å². The topological polar surface area (TPSA) is 49.5 Å². The molecule has 0 radical (unpaired) electrons. The lowest BCUT2D eigenvalue weighted by molar-refractivity contribution is 0.102. The molecule has 0 saturated carbocycles. The van der Waals surface area contributed by atoms with E-state index >= 15 is 0 Å². The normalized spacial score (nSPS) is 13.4. The summed E-state index contributed by atoms with van der Waals surface area (Å²) in [6.07, 6.45) is 1.36. The molecule has 5 heteroatoms. The van der Waals surface area contributed by atoms with Crippen LogP contribution in [0.25, 0.3) is 10.8 Å². The van der Waals surface area contributed by atoms with Crippen LogP contribution in [0.3, 0.4) is 0 Å². The number of aliphatic hydroxyl groups excluding tert-OH is 1. The Bertz CT molecular complexity index is 491. The molecular weight excluding hydrogens is 260 g/mol. The first kappa shape index (κ1) is 14.2. The zero-order valence-electron chi connectivity index (χ0n) is 11.5. The van der Waals surface area contributed by atoms with E-state index in [4.69, 9.17) is 4.42 Å². The fourth-order valence-corrected chi connectivity index (χ4v) is 2.55. The highest BCUT2D eigenvalue weighted by Crippen LogP contribution is 2.24. The van der Waals surface area contributed by atoms with Crippen molar-refractivity contribution in [3.8, 4) is 10.8 Å². The summed E-state index contributed by atoms with van der Waals surface area (Å²) in [6, 6.07) is 4.34. The van der Waals surface area contributed by atoms with E-state index in [1.807, 2.05) is 17.5 Å². The van der Waals surface area contributed by atoms with Gasteiger partial charge in [-0.15, -0.1) is 11.3 Å². The third kappa shape index (κ3) is 3.89. The predicted molar refractivity (Wildman–Crippen MR) is 77.0 cm³/mol. The van der Waals surface area contributed by atoms with Gasteiger partial charge in [0.05, 0.1) is 16.7 Å². The lowest BCUT2D eigenvalue weighted by Gasteiger charge is -2.26. The van der Waals surface area contributed by atoms with E-state index in [1.54, 1.807) is 24.5 Å². The smallest absolute Gasteiger partial charge is 0.236 e. The zero-order valence-corrected chi connectivity index (χ0v) is 12.4. The zero-order chi connectivity index (χ0) is 13.8. The van der Waals surface area contributed by atoms with Gasteiger partial charge >= 0.3 is 0 Å². The van der Waals surface area contributed by atoms with Gasteiger partial charge in [-0.2, -0.15) is 0 Å². The van der Waals surface area contributed by atoms with E-state index < -0.39 is 0 Å². The quantitative estimate of drug-likeness (QED) is 0.883. The Balaban J connectivity index is 2.06. The molecule has 0 saturated heterocycles. The summed E-state index contributed by atoms with van der Waals surface area (Å²) in [7, 11) is 0. The molecule has 1 atom stereocenters. The van der Waals surface area contributed by atoms with Gasteiger partial charge in [-0.3, -0.25) is 4.90 Å². The number of oxazole rings is 1. The van der Waals surface area contributed by atoms with Crippen LogP contribution in [-0.2, 0) is 6.54 Å². The van der Waals surface area contributed by atoms with Crippen molar-refractivity contribution in [1.29, 1.82) is 0 Å². The van der Waals surface area contributed by atoms with Crippen molar-refractivity contribution in [3.63, 3.8) is 0 Å². The summed E-state index contributed by atoms with van der Waals surface area (Å²) in [5, 5.41) is 11.5. The number of aromatic nitrogens is 1. The Morgan fingerprint density at radius 2 is 2.21 bits per heavy atom. The van der Waals surface area contributed by atoms with Crippen molar-refractivity contribution in [2.75, 3.05) is 6.54 Å². The third-order valence-electron chi connectivity index (χ3n) is 2.88. The van der Waals surface area contributed by atoms with Crippen molar-refractivity contribution in [2.45, 2.75) is 39.5 Å². The van der Waals surface area contributed by atoms with Crippen LogP contribution in [0.2, 0.25) is 0 Å². The molecule has 0 amide bonds. The van der Waals surface area contributed by atoms with Crippen LogP contribution in [0.15, 0.2) is 28.2 Å². The molecule has 0 fully saturated rings. The van der Waals surface area contributed by atoms with Crippen LogP contribution >= 0.6 is 11.3 Å². The van der Waals surface area contributed by atoms with Gasteiger partial charge in [0.1, 0.15) is 6.26 Å². The molecule has 2 aromatic heterocycles. The molecule has 4 nitrogen and oxygen atoms in total. The van der Waals surface area contributed by atoms with Crippen LogP contribution in [0.4, 0.5) is 0 Å². The molecule has 1 N–H and O–H groups in total. The lowest BCUT2D eigenvalue weighted by Crippen LogP contribution is -2.36. The maximum atomic E-state index is 9.52. The second-order valence-corrected chi connectivity index (χ2v) is 5.94. The largest absolute Gasteiger partial charge is 0.444 e. The maximum Gasteiger partial charge on any atom is 0.236 e. The molecular formula is C14H20N2O2S. The summed E-state index contributed by atoms with van der Waals surface area (Å²) >= 11 is 1.62. The fourth-order valence-electron chi connectivity index (χ4n) is 1.90. The molecule has 1 unspecified atom stereocenters. The Hall–Kier alpha value is -1.17.